The van der Waals surface area contributed by atoms with Gasteiger partial charge in [-0.2, -0.15) is 0 Å². The Morgan fingerprint density at radius 1 is 1.41 bits per heavy atom. The third kappa shape index (κ3) is 3.98. The molecule has 1 aromatic heterocycles. The van der Waals surface area contributed by atoms with E-state index in [2.05, 4.69) is 29.4 Å². The number of likely N-dealkylation sites (N-methyl/N-ethyl adjacent to an activating group) is 1. The lowest BCUT2D eigenvalue weighted by Gasteiger charge is -2.24. The van der Waals surface area contributed by atoms with Crippen molar-refractivity contribution in [1.29, 1.82) is 0 Å². The minimum atomic E-state index is 0.220. The zero-order chi connectivity index (χ0) is 12.7. The van der Waals surface area contributed by atoms with E-state index in [4.69, 9.17) is 9.15 Å². The Bertz CT molecular complexity index is 316. The van der Waals surface area contributed by atoms with Gasteiger partial charge in [0.2, 0.25) is 5.89 Å². The first kappa shape index (κ1) is 13.9. The van der Waals surface area contributed by atoms with E-state index in [1.165, 1.54) is 0 Å². The summed E-state index contributed by atoms with van der Waals surface area (Å²) in [5.74, 6) is 0.616. The van der Waals surface area contributed by atoms with Crippen molar-refractivity contribution in [3.05, 3.63) is 5.89 Å². The molecule has 0 radical (unpaired) electrons. The Morgan fingerprint density at radius 2 is 2.18 bits per heavy atom. The van der Waals surface area contributed by atoms with Crippen LogP contribution in [0.2, 0.25) is 0 Å². The van der Waals surface area contributed by atoms with Gasteiger partial charge in [0, 0.05) is 13.7 Å². The lowest BCUT2D eigenvalue weighted by Crippen LogP contribution is -2.36. The monoisotopic (exact) mass is 242 g/mol. The number of anilines is 1. The molecule has 98 valence electrons. The summed E-state index contributed by atoms with van der Waals surface area (Å²) in [6, 6.07) is 0.780. The van der Waals surface area contributed by atoms with Gasteiger partial charge in [-0.25, -0.2) is 0 Å². The molecular formula is C11H22N4O2. The van der Waals surface area contributed by atoms with Crippen LogP contribution in [0.5, 0.6) is 0 Å². The summed E-state index contributed by atoms with van der Waals surface area (Å²) in [6.07, 6.45) is 0. The van der Waals surface area contributed by atoms with E-state index >= 15 is 0 Å². The highest BCUT2D eigenvalue weighted by molar-refractivity contribution is 5.25. The molecule has 0 aliphatic heterocycles. The summed E-state index contributed by atoms with van der Waals surface area (Å²) in [5.41, 5.74) is 0. The van der Waals surface area contributed by atoms with Gasteiger partial charge >= 0.3 is 6.01 Å². The predicted molar refractivity (Wildman–Crippen MR) is 66.0 cm³/mol. The fraction of sp³-hybridized carbons (Fsp3) is 0.818. The molecule has 1 heterocycles. The molecule has 0 spiro atoms. The first-order chi connectivity index (χ1) is 8.22. The molecule has 0 aliphatic carbocycles. The van der Waals surface area contributed by atoms with Gasteiger partial charge in [-0.1, -0.05) is 12.0 Å². The molecule has 6 nitrogen and oxygen atoms in total. The van der Waals surface area contributed by atoms with Crippen molar-refractivity contribution >= 4 is 6.01 Å². The first-order valence-electron chi connectivity index (χ1n) is 6.01. The summed E-state index contributed by atoms with van der Waals surface area (Å²) in [5, 5.41) is 11.2. The third-order valence-corrected chi connectivity index (χ3v) is 2.51. The van der Waals surface area contributed by atoms with Gasteiger partial charge in [0.1, 0.15) is 0 Å². The summed E-state index contributed by atoms with van der Waals surface area (Å²) in [6.45, 7) is 9.11. The highest BCUT2D eigenvalue weighted by Gasteiger charge is 2.18. The Hall–Kier alpha value is -1.14. The largest absolute Gasteiger partial charge is 0.407 e. The van der Waals surface area contributed by atoms with Gasteiger partial charge in [-0.05, 0) is 20.4 Å². The maximum Gasteiger partial charge on any atom is 0.318 e. The van der Waals surface area contributed by atoms with Crippen molar-refractivity contribution in [2.45, 2.75) is 33.4 Å². The number of aromatic nitrogens is 2. The average molecular weight is 242 g/mol. The summed E-state index contributed by atoms with van der Waals surface area (Å²) < 4.78 is 10.7. The number of rotatable bonds is 8. The molecule has 1 N–H and O–H groups in total. The number of hydrogen-bond acceptors (Lipinski definition) is 6. The molecule has 0 aliphatic rings. The normalized spacial score (nSPS) is 12.7. The van der Waals surface area contributed by atoms with Gasteiger partial charge in [0.15, 0.2) is 0 Å². The highest BCUT2D eigenvalue weighted by Crippen LogP contribution is 2.15. The Balaban J connectivity index is 2.65. The molecule has 1 aromatic rings. The smallest absolute Gasteiger partial charge is 0.318 e. The van der Waals surface area contributed by atoms with E-state index in [1.54, 1.807) is 7.11 Å². The van der Waals surface area contributed by atoms with Crippen LogP contribution in [-0.4, -0.2) is 43.0 Å². The highest BCUT2D eigenvalue weighted by atomic mass is 16.5. The molecule has 0 fully saturated rings. The second-order valence-electron chi connectivity index (χ2n) is 3.85. The number of ether oxygens (including phenoxy) is 1. The Labute approximate surface area is 102 Å². The van der Waals surface area contributed by atoms with Crippen LogP contribution in [0.4, 0.5) is 6.01 Å². The Morgan fingerprint density at radius 3 is 2.76 bits per heavy atom. The number of hydrogen-bond donors (Lipinski definition) is 1. The second-order valence-corrected chi connectivity index (χ2v) is 3.85. The minimum Gasteiger partial charge on any atom is -0.407 e. The summed E-state index contributed by atoms with van der Waals surface area (Å²) in [7, 11) is 1.69. The standard InChI is InChI=1S/C11H22N4O2/c1-5-12-7-10-13-14-11(17-10)15(6-2)9(3)8-16-4/h9,12H,5-8H2,1-4H3. The fourth-order valence-electron chi connectivity index (χ4n) is 1.63. The lowest BCUT2D eigenvalue weighted by atomic mass is 10.3. The number of nitrogens with one attached hydrogen (secondary N) is 1. The minimum absolute atomic E-state index is 0.220. The predicted octanol–water partition coefficient (Wildman–Crippen LogP) is 1.04. The average Bonchev–Trinajstić information content (AvgIpc) is 2.76. The van der Waals surface area contributed by atoms with E-state index in [-0.39, 0.29) is 6.04 Å². The maximum atomic E-state index is 5.59. The van der Waals surface area contributed by atoms with Crippen molar-refractivity contribution in [2.24, 2.45) is 0 Å². The van der Waals surface area contributed by atoms with Crippen LogP contribution >= 0.6 is 0 Å². The molecular weight excluding hydrogens is 220 g/mol. The molecule has 1 rings (SSSR count). The van der Waals surface area contributed by atoms with Crippen LogP contribution in [0.3, 0.4) is 0 Å². The molecule has 0 saturated carbocycles. The van der Waals surface area contributed by atoms with Gasteiger partial charge in [0.05, 0.1) is 19.2 Å². The van der Waals surface area contributed by atoms with Crippen molar-refractivity contribution < 1.29 is 9.15 Å². The molecule has 0 saturated heterocycles. The topological polar surface area (TPSA) is 63.4 Å². The van der Waals surface area contributed by atoms with E-state index in [0.717, 1.165) is 13.1 Å². The number of methoxy groups -OCH3 is 1. The van der Waals surface area contributed by atoms with E-state index < -0.39 is 0 Å². The summed E-state index contributed by atoms with van der Waals surface area (Å²) in [4.78, 5) is 2.03. The Kier molecular flexibility index (Phi) is 5.93. The zero-order valence-corrected chi connectivity index (χ0v) is 11.1. The maximum absolute atomic E-state index is 5.59. The first-order valence-corrected chi connectivity index (χ1v) is 6.01. The van der Waals surface area contributed by atoms with Crippen molar-refractivity contribution in [3.63, 3.8) is 0 Å². The van der Waals surface area contributed by atoms with E-state index in [0.29, 0.717) is 25.1 Å². The van der Waals surface area contributed by atoms with Crippen LogP contribution < -0.4 is 10.2 Å². The van der Waals surface area contributed by atoms with E-state index in [1.807, 2.05) is 11.8 Å². The van der Waals surface area contributed by atoms with Crippen LogP contribution in [0.25, 0.3) is 0 Å². The van der Waals surface area contributed by atoms with Gasteiger partial charge in [-0.15, -0.1) is 5.10 Å². The van der Waals surface area contributed by atoms with Crippen molar-refractivity contribution in [2.75, 3.05) is 31.7 Å². The lowest BCUT2D eigenvalue weighted by molar-refractivity contribution is 0.180. The van der Waals surface area contributed by atoms with Crippen LogP contribution in [0.15, 0.2) is 4.42 Å². The number of nitrogens with zero attached hydrogens (tertiary/aromatic N) is 3. The molecule has 17 heavy (non-hydrogen) atoms. The summed E-state index contributed by atoms with van der Waals surface area (Å²) >= 11 is 0. The fourth-order valence-corrected chi connectivity index (χ4v) is 1.63. The quantitative estimate of drug-likeness (QED) is 0.735. The molecule has 1 unspecified atom stereocenters. The molecule has 0 aromatic carbocycles. The SMILES string of the molecule is CCNCc1nnc(N(CC)C(C)COC)o1. The van der Waals surface area contributed by atoms with Gasteiger partial charge < -0.3 is 19.4 Å². The molecule has 1 atom stereocenters. The van der Waals surface area contributed by atoms with Gasteiger partial charge in [0.25, 0.3) is 0 Å². The third-order valence-electron chi connectivity index (χ3n) is 2.51. The zero-order valence-electron chi connectivity index (χ0n) is 11.1. The van der Waals surface area contributed by atoms with Crippen LogP contribution in [0, 0.1) is 0 Å². The van der Waals surface area contributed by atoms with Crippen molar-refractivity contribution in [1.82, 2.24) is 15.5 Å². The second kappa shape index (κ2) is 7.24. The van der Waals surface area contributed by atoms with E-state index in [9.17, 15) is 0 Å². The molecule has 0 bridgehead atoms. The van der Waals surface area contributed by atoms with Crippen LogP contribution in [-0.2, 0) is 11.3 Å². The molecule has 6 heteroatoms. The van der Waals surface area contributed by atoms with Crippen molar-refractivity contribution in [3.8, 4) is 0 Å². The van der Waals surface area contributed by atoms with Gasteiger partial charge in [-0.3, -0.25) is 0 Å². The molecule has 0 amide bonds. The van der Waals surface area contributed by atoms with Crippen LogP contribution in [0.1, 0.15) is 26.7 Å².